The summed E-state index contributed by atoms with van der Waals surface area (Å²) in [7, 11) is -3.57. The van der Waals surface area contributed by atoms with E-state index in [1.807, 2.05) is 6.07 Å². The zero-order valence-corrected chi connectivity index (χ0v) is 12.6. The third kappa shape index (κ3) is 3.94. The van der Waals surface area contributed by atoms with E-state index in [4.69, 9.17) is 9.68 Å². The van der Waals surface area contributed by atoms with E-state index in [1.165, 1.54) is 0 Å². The monoisotopic (exact) mass is 304 g/mol. The first kappa shape index (κ1) is 15.3. The van der Waals surface area contributed by atoms with Gasteiger partial charge in [0.15, 0.2) is 0 Å². The predicted octanol–water partition coefficient (Wildman–Crippen LogP) is 2.64. The molecule has 0 radical (unpaired) electrons. The average molecular weight is 304 g/mol. The van der Waals surface area contributed by atoms with Crippen molar-refractivity contribution < 1.29 is 12.8 Å². The van der Waals surface area contributed by atoms with Crippen molar-refractivity contribution in [2.75, 3.05) is 0 Å². The Morgan fingerprint density at radius 1 is 1.29 bits per heavy atom. The van der Waals surface area contributed by atoms with Gasteiger partial charge in [0, 0.05) is 0 Å². The molecule has 0 aliphatic heterocycles. The highest BCUT2D eigenvalue weighted by atomic mass is 32.2. The number of sulfonamides is 1. The average Bonchev–Trinajstić information content (AvgIpc) is 2.85. The lowest BCUT2D eigenvalue weighted by Gasteiger charge is -2.12. The Morgan fingerprint density at radius 3 is 2.62 bits per heavy atom. The summed E-state index contributed by atoms with van der Waals surface area (Å²) in [5, 5.41) is 9.00. The molecule has 1 unspecified atom stereocenters. The van der Waals surface area contributed by atoms with Crippen LogP contribution in [0.1, 0.15) is 35.6 Å². The van der Waals surface area contributed by atoms with E-state index in [1.54, 1.807) is 50.2 Å². The summed E-state index contributed by atoms with van der Waals surface area (Å²) in [4.78, 5) is 0. The van der Waals surface area contributed by atoms with Gasteiger partial charge in [-0.3, -0.25) is 0 Å². The highest BCUT2D eigenvalue weighted by Crippen LogP contribution is 2.18. The largest absolute Gasteiger partial charge is 0.465 e. The first-order valence-electron chi connectivity index (χ1n) is 6.45. The molecule has 2 aromatic rings. The molecular formula is C15H16N2O3S. The van der Waals surface area contributed by atoms with Gasteiger partial charge in [0.05, 0.1) is 23.4 Å². The highest BCUT2D eigenvalue weighted by Gasteiger charge is 2.19. The maximum Gasteiger partial charge on any atom is 0.216 e. The second kappa shape index (κ2) is 6.12. The van der Waals surface area contributed by atoms with Crippen LogP contribution in [0.5, 0.6) is 0 Å². The molecule has 21 heavy (non-hydrogen) atoms. The molecule has 1 heterocycles. The fourth-order valence-corrected chi connectivity index (χ4v) is 3.41. The van der Waals surface area contributed by atoms with Gasteiger partial charge in [-0.2, -0.15) is 5.26 Å². The van der Waals surface area contributed by atoms with Crippen molar-refractivity contribution >= 4 is 10.0 Å². The van der Waals surface area contributed by atoms with Crippen LogP contribution in [0.15, 0.2) is 40.8 Å². The molecule has 6 heteroatoms. The van der Waals surface area contributed by atoms with Crippen molar-refractivity contribution in [1.29, 1.82) is 5.26 Å². The smallest absolute Gasteiger partial charge is 0.216 e. The van der Waals surface area contributed by atoms with Crippen LogP contribution in [-0.4, -0.2) is 8.42 Å². The Labute approximate surface area is 124 Å². The Kier molecular flexibility index (Phi) is 4.46. The predicted molar refractivity (Wildman–Crippen MR) is 78.8 cm³/mol. The number of nitrogens with one attached hydrogen (secondary N) is 1. The summed E-state index contributed by atoms with van der Waals surface area (Å²) in [6.07, 6.45) is 0. The summed E-state index contributed by atoms with van der Waals surface area (Å²) in [6, 6.07) is 11.7. The van der Waals surface area contributed by atoms with Gasteiger partial charge in [-0.1, -0.05) is 18.2 Å². The van der Waals surface area contributed by atoms with Crippen molar-refractivity contribution in [3.05, 3.63) is 59.0 Å². The van der Waals surface area contributed by atoms with Crippen LogP contribution in [0, 0.1) is 18.3 Å². The lowest BCUT2D eigenvalue weighted by atomic mass is 10.1. The van der Waals surface area contributed by atoms with Crippen LogP contribution in [0.25, 0.3) is 0 Å². The quantitative estimate of drug-likeness (QED) is 0.920. The molecule has 1 aromatic carbocycles. The SMILES string of the molecule is Cc1ccc(C(C)NS(=O)(=O)Cc2ccccc2C#N)o1. The van der Waals surface area contributed by atoms with Crippen LogP contribution < -0.4 is 4.72 Å². The molecule has 1 aromatic heterocycles. The van der Waals surface area contributed by atoms with E-state index in [9.17, 15) is 8.42 Å². The molecule has 0 saturated heterocycles. The number of rotatable bonds is 5. The molecule has 0 saturated carbocycles. The van der Waals surface area contributed by atoms with Gasteiger partial charge in [-0.25, -0.2) is 13.1 Å². The number of benzene rings is 1. The maximum atomic E-state index is 12.2. The zero-order valence-electron chi connectivity index (χ0n) is 11.8. The lowest BCUT2D eigenvalue weighted by molar-refractivity contribution is 0.441. The second-order valence-electron chi connectivity index (χ2n) is 4.82. The molecule has 0 fully saturated rings. The molecular weight excluding hydrogens is 288 g/mol. The van der Waals surface area contributed by atoms with E-state index in [-0.39, 0.29) is 5.75 Å². The number of hydrogen-bond acceptors (Lipinski definition) is 4. The van der Waals surface area contributed by atoms with Gasteiger partial charge < -0.3 is 4.42 Å². The van der Waals surface area contributed by atoms with E-state index in [2.05, 4.69) is 4.72 Å². The van der Waals surface area contributed by atoms with Crippen molar-refractivity contribution in [3.63, 3.8) is 0 Å². The van der Waals surface area contributed by atoms with Crippen molar-refractivity contribution in [2.45, 2.75) is 25.6 Å². The molecule has 0 spiro atoms. The standard InChI is InChI=1S/C15H16N2O3S/c1-11-7-8-15(20-11)12(2)17-21(18,19)10-14-6-4-3-5-13(14)9-16/h3-8,12,17H,10H2,1-2H3. The number of furan rings is 1. The van der Waals surface area contributed by atoms with Crippen LogP contribution in [0.4, 0.5) is 0 Å². The van der Waals surface area contributed by atoms with Gasteiger partial charge >= 0.3 is 0 Å². The fourth-order valence-electron chi connectivity index (χ4n) is 2.02. The third-order valence-corrected chi connectivity index (χ3v) is 4.43. The lowest BCUT2D eigenvalue weighted by Crippen LogP contribution is -2.28. The molecule has 0 aliphatic carbocycles. The van der Waals surface area contributed by atoms with Gasteiger partial charge in [0.1, 0.15) is 11.5 Å². The Balaban J connectivity index is 2.14. The molecule has 110 valence electrons. The topological polar surface area (TPSA) is 83.1 Å². The van der Waals surface area contributed by atoms with Crippen molar-refractivity contribution in [2.24, 2.45) is 0 Å². The van der Waals surface area contributed by atoms with Gasteiger partial charge in [0.25, 0.3) is 0 Å². The normalized spacial score (nSPS) is 12.8. The minimum absolute atomic E-state index is 0.235. The number of nitrogens with zero attached hydrogens (tertiary/aromatic N) is 1. The molecule has 0 aliphatic rings. The zero-order chi connectivity index (χ0) is 15.5. The van der Waals surface area contributed by atoms with E-state index in [0.29, 0.717) is 16.9 Å². The van der Waals surface area contributed by atoms with Gasteiger partial charge in [0.2, 0.25) is 10.0 Å². The maximum absolute atomic E-state index is 12.2. The van der Waals surface area contributed by atoms with Crippen LogP contribution >= 0.6 is 0 Å². The molecule has 2 rings (SSSR count). The number of hydrogen-bond donors (Lipinski definition) is 1. The summed E-state index contributed by atoms with van der Waals surface area (Å²) < 4.78 is 32.4. The molecule has 5 nitrogen and oxygen atoms in total. The Hall–Kier alpha value is -2.10. The second-order valence-corrected chi connectivity index (χ2v) is 6.57. The minimum atomic E-state index is -3.57. The fraction of sp³-hybridized carbons (Fsp3) is 0.267. The molecule has 0 amide bonds. The highest BCUT2D eigenvalue weighted by molar-refractivity contribution is 7.88. The van der Waals surface area contributed by atoms with E-state index >= 15 is 0 Å². The number of aryl methyl sites for hydroxylation is 1. The van der Waals surface area contributed by atoms with E-state index < -0.39 is 16.1 Å². The van der Waals surface area contributed by atoms with Crippen LogP contribution in [0.3, 0.4) is 0 Å². The summed E-state index contributed by atoms with van der Waals surface area (Å²) in [6.45, 7) is 3.51. The van der Waals surface area contributed by atoms with Crippen LogP contribution in [0.2, 0.25) is 0 Å². The first-order chi connectivity index (χ1) is 9.91. The summed E-state index contributed by atoms with van der Waals surface area (Å²) >= 11 is 0. The minimum Gasteiger partial charge on any atom is -0.465 e. The van der Waals surface area contributed by atoms with Gasteiger partial charge in [-0.05, 0) is 37.6 Å². The first-order valence-corrected chi connectivity index (χ1v) is 8.11. The molecule has 1 N–H and O–H groups in total. The Morgan fingerprint density at radius 2 is 2.00 bits per heavy atom. The van der Waals surface area contributed by atoms with Crippen LogP contribution in [-0.2, 0) is 15.8 Å². The summed E-state index contributed by atoms with van der Waals surface area (Å²) in [5.74, 6) is 1.05. The summed E-state index contributed by atoms with van der Waals surface area (Å²) in [5.41, 5.74) is 0.847. The van der Waals surface area contributed by atoms with E-state index in [0.717, 1.165) is 5.76 Å². The number of nitriles is 1. The van der Waals surface area contributed by atoms with Crippen molar-refractivity contribution in [3.8, 4) is 6.07 Å². The molecule has 1 atom stereocenters. The molecule has 0 bridgehead atoms. The Bertz CT molecular complexity index is 772. The van der Waals surface area contributed by atoms with Gasteiger partial charge in [-0.15, -0.1) is 0 Å². The van der Waals surface area contributed by atoms with Crippen molar-refractivity contribution in [1.82, 2.24) is 4.72 Å². The third-order valence-electron chi connectivity index (χ3n) is 3.03.